The van der Waals surface area contributed by atoms with Gasteiger partial charge in [0.2, 0.25) is 5.78 Å². The van der Waals surface area contributed by atoms with Gasteiger partial charge >= 0.3 is 0 Å². The lowest BCUT2D eigenvalue weighted by molar-refractivity contribution is -0.122. The van der Waals surface area contributed by atoms with Gasteiger partial charge in [0.25, 0.3) is 0 Å². The fourth-order valence-electron chi connectivity index (χ4n) is 4.21. The molecule has 4 rings (SSSR count). The molecule has 0 aliphatic heterocycles. The summed E-state index contributed by atoms with van der Waals surface area (Å²) in [5.74, 6) is -2.84. The summed E-state index contributed by atoms with van der Waals surface area (Å²) < 4.78 is 5.19. The number of rotatable bonds is 2. The van der Waals surface area contributed by atoms with Crippen LogP contribution < -0.4 is 4.74 Å². The van der Waals surface area contributed by atoms with Crippen LogP contribution in [0.3, 0.4) is 0 Å². The number of hydrogen-bond donors (Lipinski definition) is 3. The van der Waals surface area contributed by atoms with Crippen LogP contribution in [0.5, 0.6) is 17.2 Å². The molecule has 2 aromatic carbocycles. The van der Waals surface area contributed by atoms with Crippen molar-refractivity contribution in [3.05, 3.63) is 51.6 Å². The van der Waals surface area contributed by atoms with Crippen molar-refractivity contribution < 1.29 is 34.4 Å². The van der Waals surface area contributed by atoms with Crippen molar-refractivity contribution in [2.45, 2.75) is 25.9 Å². The highest BCUT2D eigenvalue weighted by Crippen LogP contribution is 2.50. The Morgan fingerprint density at radius 3 is 2.39 bits per heavy atom. The normalized spacial score (nSPS) is 20.2. The third-order valence-electron chi connectivity index (χ3n) is 5.63. The smallest absolute Gasteiger partial charge is 0.202 e. The second-order valence-electron chi connectivity index (χ2n) is 7.14. The molecule has 28 heavy (non-hydrogen) atoms. The molecular formula is C21H18O7. The number of phenols is 2. The van der Waals surface area contributed by atoms with Crippen LogP contribution in [0, 0.1) is 5.92 Å². The first-order chi connectivity index (χ1) is 13.3. The maximum absolute atomic E-state index is 13.1. The van der Waals surface area contributed by atoms with Crippen LogP contribution >= 0.6 is 0 Å². The van der Waals surface area contributed by atoms with Crippen LogP contribution in [0.4, 0.5) is 0 Å². The lowest BCUT2D eigenvalue weighted by Crippen LogP contribution is -2.28. The van der Waals surface area contributed by atoms with Crippen molar-refractivity contribution >= 4 is 17.3 Å². The van der Waals surface area contributed by atoms with Crippen LogP contribution in [0.25, 0.3) is 0 Å². The number of carbonyl (C=O) groups excluding carboxylic acids is 3. The minimum Gasteiger partial charge on any atom is -0.507 e. The molecule has 2 aliphatic rings. The third kappa shape index (κ3) is 2.29. The molecule has 0 heterocycles. The largest absolute Gasteiger partial charge is 0.507 e. The number of aliphatic hydroxyl groups is 1. The zero-order chi connectivity index (χ0) is 20.3. The lowest BCUT2D eigenvalue weighted by atomic mass is 9.74. The number of ether oxygens (including phenoxy) is 1. The van der Waals surface area contributed by atoms with Gasteiger partial charge in [-0.3, -0.25) is 14.4 Å². The van der Waals surface area contributed by atoms with Gasteiger partial charge in [0, 0.05) is 22.6 Å². The van der Waals surface area contributed by atoms with Crippen LogP contribution in [0.2, 0.25) is 0 Å². The fourth-order valence-corrected chi connectivity index (χ4v) is 4.21. The fraction of sp³-hybridized carbons (Fsp3) is 0.286. The summed E-state index contributed by atoms with van der Waals surface area (Å²) in [5.41, 5.74) is -0.469. The predicted octanol–water partition coefficient (Wildman–Crippen LogP) is 2.07. The molecule has 3 N–H and O–H groups in total. The number of aromatic hydroxyl groups is 2. The van der Waals surface area contributed by atoms with Gasteiger partial charge in [0.15, 0.2) is 5.78 Å². The average molecular weight is 382 g/mol. The molecule has 0 bridgehead atoms. The number of ketones is 3. The van der Waals surface area contributed by atoms with Gasteiger partial charge in [-0.25, -0.2) is 0 Å². The van der Waals surface area contributed by atoms with Crippen LogP contribution in [-0.4, -0.2) is 39.8 Å². The summed E-state index contributed by atoms with van der Waals surface area (Å²) in [5, 5.41) is 32.1. The van der Waals surface area contributed by atoms with Gasteiger partial charge in [-0.1, -0.05) is 12.1 Å². The average Bonchev–Trinajstić information content (AvgIpc) is 2.67. The zero-order valence-corrected chi connectivity index (χ0v) is 15.3. The van der Waals surface area contributed by atoms with Crippen LogP contribution in [0.15, 0.2) is 18.2 Å². The number of fused-ring (bicyclic) bond motifs is 3. The summed E-state index contributed by atoms with van der Waals surface area (Å²) in [4.78, 5) is 38.0. The lowest BCUT2D eigenvalue weighted by Gasteiger charge is -2.31. The molecule has 0 fully saturated rings. The van der Waals surface area contributed by atoms with E-state index in [0.717, 1.165) is 0 Å². The standard InChI is InChI=1S/C21H18O7/c1-8(22)9-6-11-14(12(23)7-9)20(26)17-16(19(11)25)18(24)10-4-3-5-13(28-2)15(10)21(17)27/h3-5,9,12,23,25-26H,6-7H2,1-2H3/t9-,12?/m1/s1. The van der Waals surface area contributed by atoms with Crippen LogP contribution in [-0.2, 0) is 11.2 Å². The first-order valence-electron chi connectivity index (χ1n) is 8.83. The maximum Gasteiger partial charge on any atom is 0.202 e. The molecule has 0 spiro atoms. The van der Waals surface area contributed by atoms with E-state index >= 15 is 0 Å². The second-order valence-corrected chi connectivity index (χ2v) is 7.14. The Balaban J connectivity index is 2.02. The van der Waals surface area contributed by atoms with E-state index < -0.39 is 35.1 Å². The van der Waals surface area contributed by atoms with Gasteiger partial charge in [-0.15, -0.1) is 0 Å². The first kappa shape index (κ1) is 18.2. The van der Waals surface area contributed by atoms with Crippen molar-refractivity contribution in [1.82, 2.24) is 0 Å². The molecule has 1 unspecified atom stereocenters. The van der Waals surface area contributed by atoms with E-state index in [-0.39, 0.29) is 57.8 Å². The first-order valence-corrected chi connectivity index (χ1v) is 8.83. The highest BCUT2D eigenvalue weighted by Gasteiger charge is 2.42. The van der Waals surface area contributed by atoms with E-state index in [4.69, 9.17) is 4.74 Å². The Bertz CT molecular complexity index is 1070. The topological polar surface area (TPSA) is 121 Å². The quantitative estimate of drug-likeness (QED) is 0.580. The number of phenolic OH excluding ortho intramolecular Hbond substituents is 2. The summed E-state index contributed by atoms with van der Waals surface area (Å²) in [7, 11) is 1.36. The van der Waals surface area contributed by atoms with Gasteiger partial charge in [0.1, 0.15) is 23.0 Å². The SMILES string of the molecule is COc1cccc2c1C(=O)c1c(O)c3c(c(O)c1C2=O)C[C@@H](C(C)=O)CC3O. The Labute approximate surface area is 160 Å². The van der Waals surface area contributed by atoms with Gasteiger partial charge < -0.3 is 20.1 Å². The molecule has 144 valence electrons. The van der Waals surface area contributed by atoms with Crippen molar-refractivity contribution in [2.75, 3.05) is 7.11 Å². The molecule has 0 saturated carbocycles. The Morgan fingerprint density at radius 1 is 1.07 bits per heavy atom. The molecule has 2 aliphatic carbocycles. The third-order valence-corrected chi connectivity index (χ3v) is 5.63. The number of hydrogen-bond acceptors (Lipinski definition) is 7. The minimum absolute atomic E-state index is 0.00376. The summed E-state index contributed by atoms with van der Waals surface area (Å²) >= 11 is 0. The van der Waals surface area contributed by atoms with E-state index in [9.17, 15) is 29.7 Å². The molecule has 0 amide bonds. The van der Waals surface area contributed by atoms with Crippen molar-refractivity contribution in [3.63, 3.8) is 0 Å². The monoisotopic (exact) mass is 382 g/mol. The Kier molecular flexibility index (Phi) is 4.01. The molecule has 0 radical (unpaired) electrons. The number of aliphatic hydroxyl groups excluding tert-OH is 1. The number of carbonyl (C=O) groups is 3. The number of Topliss-reactive ketones (excluding diaryl/α,β-unsaturated/α-hetero) is 1. The number of methoxy groups -OCH3 is 1. The Morgan fingerprint density at radius 2 is 1.75 bits per heavy atom. The summed E-state index contributed by atoms with van der Waals surface area (Å²) in [6.07, 6.45) is -1.10. The highest BCUT2D eigenvalue weighted by molar-refractivity contribution is 6.31. The summed E-state index contributed by atoms with van der Waals surface area (Å²) in [6, 6.07) is 4.53. The van der Waals surface area contributed by atoms with E-state index in [1.54, 1.807) is 6.07 Å². The van der Waals surface area contributed by atoms with Gasteiger partial charge in [-0.05, 0) is 25.8 Å². The van der Waals surface area contributed by atoms with Gasteiger partial charge in [0.05, 0.1) is 29.9 Å². The minimum atomic E-state index is -1.24. The number of benzene rings is 2. The summed E-state index contributed by atoms with van der Waals surface area (Å²) in [6.45, 7) is 1.38. The van der Waals surface area contributed by atoms with Crippen LogP contribution in [0.1, 0.15) is 62.4 Å². The molecule has 2 atom stereocenters. The maximum atomic E-state index is 13.1. The van der Waals surface area contributed by atoms with Gasteiger partial charge in [-0.2, -0.15) is 0 Å². The Hall–Kier alpha value is -3.19. The molecule has 0 aromatic heterocycles. The zero-order valence-electron chi connectivity index (χ0n) is 15.3. The highest BCUT2D eigenvalue weighted by atomic mass is 16.5. The van der Waals surface area contributed by atoms with Crippen molar-refractivity contribution in [2.24, 2.45) is 5.92 Å². The molecule has 2 aromatic rings. The molecular weight excluding hydrogens is 364 g/mol. The molecule has 7 nitrogen and oxygen atoms in total. The molecule has 0 saturated heterocycles. The van der Waals surface area contributed by atoms with Crippen molar-refractivity contribution in [1.29, 1.82) is 0 Å². The van der Waals surface area contributed by atoms with E-state index in [1.165, 1.54) is 26.2 Å². The molecule has 7 heteroatoms. The van der Waals surface area contributed by atoms with E-state index in [0.29, 0.717) is 0 Å². The second kappa shape index (κ2) is 6.17. The van der Waals surface area contributed by atoms with E-state index in [2.05, 4.69) is 0 Å². The predicted molar refractivity (Wildman–Crippen MR) is 97.1 cm³/mol. The van der Waals surface area contributed by atoms with Crippen molar-refractivity contribution in [3.8, 4) is 17.2 Å². The van der Waals surface area contributed by atoms with E-state index in [1.807, 2.05) is 0 Å².